The van der Waals surface area contributed by atoms with Crippen LogP contribution in [0, 0.1) is 6.92 Å². The number of alkyl halides is 3. The number of halogens is 3. The molecule has 1 aromatic rings. The van der Waals surface area contributed by atoms with Crippen molar-refractivity contribution in [3.63, 3.8) is 0 Å². The summed E-state index contributed by atoms with van der Waals surface area (Å²) in [6, 6.07) is 5.21. The number of hydrogen-bond acceptors (Lipinski definition) is 4. The van der Waals surface area contributed by atoms with E-state index in [2.05, 4.69) is 0 Å². The Bertz CT molecular complexity index is 791. The Morgan fingerprint density at radius 2 is 1.85 bits per heavy atom. The van der Waals surface area contributed by atoms with Crippen LogP contribution < -0.4 is 5.32 Å². The molecule has 1 unspecified atom stereocenters. The van der Waals surface area contributed by atoms with E-state index >= 15 is 0 Å². The van der Waals surface area contributed by atoms with Crippen LogP contribution in [0.1, 0.15) is 24.8 Å². The Balaban J connectivity index is 1.96. The highest BCUT2D eigenvalue weighted by atomic mass is 32.2. The Morgan fingerprint density at radius 3 is 2.44 bits per heavy atom. The van der Waals surface area contributed by atoms with Gasteiger partial charge in [-0.05, 0) is 31.9 Å². The first kappa shape index (κ1) is 21.2. The van der Waals surface area contributed by atoms with Crippen molar-refractivity contribution >= 4 is 21.7 Å². The average Bonchev–Trinajstić information content (AvgIpc) is 3.07. The lowest BCUT2D eigenvalue weighted by molar-refractivity contribution is -0.144. The molecule has 1 fully saturated rings. The van der Waals surface area contributed by atoms with E-state index in [0.717, 1.165) is 10.5 Å². The Labute approximate surface area is 155 Å². The van der Waals surface area contributed by atoms with E-state index in [1.165, 1.54) is 12.1 Å². The largest absolute Gasteiger partial charge is 0.405 e. The van der Waals surface area contributed by atoms with Crippen molar-refractivity contribution in [1.82, 2.24) is 10.2 Å². The molecule has 10 heteroatoms. The second-order valence-electron chi connectivity index (χ2n) is 6.46. The molecular formula is C17H21F3N2O4S. The van der Waals surface area contributed by atoms with Crippen LogP contribution in [0.5, 0.6) is 0 Å². The molecule has 1 aliphatic heterocycles. The summed E-state index contributed by atoms with van der Waals surface area (Å²) in [6.45, 7) is 0.566. The quantitative estimate of drug-likeness (QED) is 0.781. The number of amides is 2. The third-order valence-corrected chi connectivity index (χ3v) is 6.04. The van der Waals surface area contributed by atoms with E-state index in [1.54, 1.807) is 17.4 Å². The smallest absolute Gasteiger partial charge is 0.345 e. The molecule has 6 nitrogen and oxygen atoms in total. The van der Waals surface area contributed by atoms with Gasteiger partial charge in [0.15, 0.2) is 9.84 Å². The van der Waals surface area contributed by atoms with Gasteiger partial charge < -0.3 is 10.2 Å². The van der Waals surface area contributed by atoms with E-state index in [4.69, 9.17) is 0 Å². The molecule has 27 heavy (non-hydrogen) atoms. The molecule has 0 radical (unpaired) electrons. The maximum absolute atomic E-state index is 12.4. The summed E-state index contributed by atoms with van der Waals surface area (Å²) in [5, 5.41) is 1.78. The van der Waals surface area contributed by atoms with Gasteiger partial charge in [-0.1, -0.05) is 17.7 Å². The number of nitrogens with zero attached hydrogens (tertiary/aromatic N) is 1. The van der Waals surface area contributed by atoms with Crippen LogP contribution in [-0.4, -0.2) is 56.2 Å². The molecule has 0 spiro atoms. The summed E-state index contributed by atoms with van der Waals surface area (Å²) in [5.74, 6) is -1.86. The normalized spacial score (nSPS) is 17.8. The zero-order chi connectivity index (χ0) is 20.2. The first-order valence-corrected chi connectivity index (χ1v) is 10.1. The lowest BCUT2D eigenvalue weighted by Gasteiger charge is -2.24. The monoisotopic (exact) mass is 406 g/mol. The molecule has 0 bridgehead atoms. The highest BCUT2D eigenvalue weighted by Gasteiger charge is 2.36. The van der Waals surface area contributed by atoms with Crippen LogP contribution in [0.4, 0.5) is 13.2 Å². The molecule has 2 amide bonds. The van der Waals surface area contributed by atoms with Gasteiger partial charge in [0.25, 0.3) is 0 Å². The van der Waals surface area contributed by atoms with Gasteiger partial charge in [0.2, 0.25) is 11.8 Å². The number of carbonyl (C=O) groups excluding carboxylic acids is 2. The van der Waals surface area contributed by atoms with Gasteiger partial charge in [0.05, 0.1) is 10.6 Å². The fourth-order valence-electron chi connectivity index (χ4n) is 2.87. The minimum Gasteiger partial charge on any atom is -0.345 e. The van der Waals surface area contributed by atoms with Crippen molar-refractivity contribution in [3.05, 3.63) is 29.8 Å². The fourth-order valence-corrected chi connectivity index (χ4v) is 4.10. The molecule has 2 rings (SSSR count). The van der Waals surface area contributed by atoms with Crippen LogP contribution in [-0.2, 0) is 19.4 Å². The van der Waals surface area contributed by atoms with Crippen molar-refractivity contribution in [2.24, 2.45) is 0 Å². The average molecular weight is 406 g/mol. The molecule has 1 aromatic carbocycles. The molecule has 1 N–H and O–H groups in total. The van der Waals surface area contributed by atoms with E-state index in [9.17, 15) is 31.2 Å². The van der Waals surface area contributed by atoms with Crippen LogP contribution in [0.2, 0.25) is 0 Å². The second kappa shape index (κ2) is 8.28. The number of nitrogens with one attached hydrogen (secondary N) is 1. The zero-order valence-corrected chi connectivity index (χ0v) is 15.6. The van der Waals surface area contributed by atoms with Crippen LogP contribution >= 0.6 is 0 Å². The third-order valence-electron chi connectivity index (χ3n) is 4.30. The maximum Gasteiger partial charge on any atom is 0.405 e. The lowest BCUT2D eigenvalue weighted by atomic mass is 10.2. The SMILES string of the molecule is Cc1ccc(S(=O)(=O)CCC(=O)N2CCCC2C(=O)NCC(F)(F)F)cc1. The molecule has 1 aliphatic rings. The van der Waals surface area contributed by atoms with E-state index in [-0.39, 0.29) is 24.3 Å². The van der Waals surface area contributed by atoms with Gasteiger partial charge in [-0.2, -0.15) is 13.2 Å². The predicted octanol–water partition coefficient (Wildman–Crippen LogP) is 1.83. The number of hydrogen-bond donors (Lipinski definition) is 1. The van der Waals surface area contributed by atoms with E-state index < -0.39 is 46.2 Å². The highest BCUT2D eigenvalue weighted by Crippen LogP contribution is 2.21. The van der Waals surface area contributed by atoms with Gasteiger partial charge >= 0.3 is 6.18 Å². The number of aryl methyl sites for hydroxylation is 1. The summed E-state index contributed by atoms with van der Waals surface area (Å²) in [4.78, 5) is 25.6. The predicted molar refractivity (Wildman–Crippen MR) is 91.6 cm³/mol. The van der Waals surface area contributed by atoms with Gasteiger partial charge in [-0.25, -0.2) is 8.42 Å². The molecule has 1 atom stereocenters. The Kier molecular flexibility index (Phi) is 6.50. The van der Waals surface area contributed by atoms with Crippen LogP contribution in [0.15, 0.2) is 29.2 Å². The van der Waals surface area contributed by atoms with Crippen LogP contribution in [0.25, 0.3) is 0 Å². The van der Waals surface area contributed by atoms with Gasteiger partial charge in [-0.3, -0.25) is 9.59 Å². The topological polar surface area (TPSA) is 83.6 Å². The van der Waals surface area contributed by atoms with Crippen molar-refractivity contribution in [2.75, 3.05) is 18.8 Å². The summed E-state index contributed by atoms with van der Waals surface area (Å²) in [6.07, 6.45) is -4.15. The molecule has 150 valence electrons. The van der Waals surface area contributed by atoms with E-state index in [0.29, 0.717) is 6.42 Å². The van der Waals surface area contributed by atoms with Crippen LogP contribution in [0.3, 0.4) is 0 Å². The van der Waals surface area contributed by atoms with E-state index in [1.807, 2.05) is 6.92 Å². The maximum atomic E-state index is 12.4. The number of likely N-dealkylation sites (tertiary alicyclic amines) is 1. The molecular weight excluding hydrogens is 385 g/mol. The number of carbonyl (C=O) groups is 2. The number of benzene rings is 1. The first-order chi connectivity index (χ1) is 12.5. The zero-order valence-electron chi connectivity index (χ0n) is 14.8. The first-order valence-electron chi connectivity index (χ1n) is 8.43. The van der Waals surface area contributed by atoms with Crippen molar-refractivity contribution in [3.8, 4) is 0 Å². The lowest BCUT2D eigenvalue weighted by Crippen LogP contribution is -2.48. The highest BCUT2D eigenvalue weighted by molar-refractivity contribution is 7.91. The molecule has 0 saturated carbocycles. The third kappa shape index (κ3) is 5.95. The molecule has 1 saturated heterocycles. The standard InChI is InChI=1S/C17H21F3N2O4S/c1-12-4-6-13(7-5-12)27(25,26)10-8-15(23)22-9-2-3-14(22)16(24)21-11-17(18,19)20/h4-7,14H,2-3,8-11H2,1H3,(H,21,24). The molecule has 0 aliphatic carbocycles. The number of sulfone groups is 1. The van der Waals surface area contributed by atoms with Crippen molar-refractivity contribution in [1.29, 1.82) is 0 Å². The van der Waals surface area contributed by atoms with Crippen molar-refractivity contribution < 1.29 is 31.2 Å². The summed E-state index contributed by atoms with van der Waals surface area (Å²) < 4.78 is 61.3. The van der Waals surface area contributed by atoms with Gasteiger partial charge in [0.1, 0.15) is 12.6 Å². The minimum absolute atomic E-state index is 0.0989. The number of rotatable bonds is 6. The van der Waals surface area contributed by atoms with Gasteiger partial charge in [-0.15, -0.1) is 0 Å². The molecule has 0 aromatic heterocycles. The second-order valence-corrected chi connectivity index (χ2v) is 8.57. The molecule has 1 heterocycles. The summed E-state index contributed by atoms with van der Waals surface area (Å²) in [5.41, 5.74) is 0.898. The minimum atomic E-state index is -4.54. The summed E-state index contributed by atoms with van der Waals surface area (Å²) >= 11 is 0. The Hall–Kier alpha value is -2.10. The Morgan fingerprint density at radius 1 is 1.22 bits per heavy atom. The fraction of sp³-hybridized carbons (Fsp3) is 0.529. The van der Waals surface area contributed by atoms with Crippen molar-refractivity contribution in [2.45, 2.75) is 43.3 Å². The summed E-state index contributed by atoms with van der Waals surface area (Å²) in [7, 11) is -3.67. The van der Waals surface area contributed by atoms with Gasteiger partial charge in [0, 0.05) is 13.0 Å².